The molecular weight excluding hydrogens is 314 g/mol. The van der Waals surface area contributed by atoms with Crippen LogP contribution in [0.2, 0.25) is 0 Å². The Bertz CT molecular complexity index is 891. The van der Waals surface area contributed by atoms with Gasteiger partial charge in [-0.2, -0.15) is 5.10 Å². The molecule has 0 atom stereocenters. The minimum Gasteiger partial charge on any atom is -0.464 e. The number of aryl methyl sites for hydroxylation is 1. The lowest BCUT2D eigenvalue weighted by molar-refractivity contribution is 0.0766. The van der Waals surface area contributed by atoms with Crippen LogP contribution in [0.1, 0.15) is 46.5 Å². The van der Waals surface area contributed by atoms with E-state index in [2.05, 4.69) is 0 Å². The van der Waals surface area contributed by atoms with Crippen molar-refractivity contribution < 1.29 is 9.21 Å². The van der Waals surface area contributed by atoms with Crippen molar-refractivity contribution in [2.45, 2.75) is 32.2 Å². The number of hydrogen-bond donors (Lipinski definition) is 0. The van der Waals surface area contributed by atoms with Gasteiger partial charge in [0.1, 0.15) is 17.2 Å². The molecule has 1 aliphatic carbocycles. The van der Waals surface area contributed by atoms with Crippen LogP contribution in [0.4, 0.5) is 0 Å². The van der Waals surface area contributed by atoms with Crippen molar-refractivity contribution >= 4 is 5.91 Å². The van der Waals surface area contributed by atoms with E-state index in [4.69, 9.17) is 9.52 Å². The molecule has 0 radical (unpaired) electrons. The molecule has 4 rings (SSSR count). The highest BCUT2D eigenvalue weighted by atomic mass is 16.3. The molecular formula is C20H21N3O2. The van der Waals surface area contributed by atoms with Crippen molar-refractivity contribution in [2.75, 3.05) is 7.05 Å². The fourth-order valence-electron chi connectivity index (χ4n) is 2.97. The monoisotopic (exact) mass is 335 g/mol. The summed E-state index contributed by atoms with van der Waals surface area (Å²) in [4.78, 5) is 14.7. The van der Waals surface area contributed by atoms with Gasteiger partial charge in [0.25, 0.3) is 5.91 Å². The summed E-state index contributed by atoms with van der Waals surface area (Å²) in [6, 6.07) is 15.6. The molecule has 0 unspecified atom stereocenters. The third-order valence-corrected chi connectivity index (χ3v) is 4.48. The average Bonchev–Trinajstić information content (AvgIpc) is 3.25. The van der Waals surface area contributed by atoms with Gasteiger partial charge in [-0.15, -0.1) is 0 Å². The molecule has 5 nitrogen and oxygen atoms in total. The largest absolute Gasteiger partial charge is 0.464 e. The molecule has 128 valence electrons. The third-order valence-electron chi connectivity index (χ3n) is 4.48. The first kappa shape index (κ1) is 15.7. The molecule has 1 saturated carbocycles. The molecule has 1 fully saturated rings. The van der Waals surface area contributed by atoms with E-state index in [9.17, 15) is 4.79 Å². The molecule has 1 aromatic carbocycles. The Morgan fingerprint density at radius 1 is 1.24 bits per heavy atom. The van der Waals surface area contributed by atoms with Crippen LogP contribution in [0.25, 0.3) is 5.69 Å². The molecule has 3 aromatic rings. The van der Waals surface area contributed by atoms with E-state index in [0.29, 0.717) is 18.2 Å². The van der Waals surface area contributed by atoms with Crippen LogP contribution in [0, 0.1) is 6.92 Å². The van der Waals surface area contributed by atoms with Gasteiger partial charge < -0.3 is 9.32 Å². The minimum atomic E-state index is -0.0580. The molecule has 0 N–H and O–H groups in total. The highest BCUT2D eigenvalue weighted by molar-refractivity contribution is 5.93. The second kappa shape index (κ2) is 6.24. The summed E-state index contributed by atoms with van der Waals surface area (Å²) in [6.45, 7) is 2.34. The first-order chi connectivity index (χ1) is 12.1. The number of furan rings is 1. The lowest BCUT2D eigenvalue weighted by Crippen LogP contribution is -2.28. The predicted molar refractivity (Wildman–Crippen MR) is 94.8 cm³/mol. The fourth-order valence-corrected chi connectivity index (χ4v) is 2.97. The van der Waals surface area contributed by atoms with E-state index in [0.717, 1.165) is 35.7 Å². The summed E-state index contributed by atoms with van der Waals surface area (Å²) in [5, 5.41) is 4.70. The normalized spacial score (nSPS) is 13.8. The van der Waals surface area contributed by atoms with Gasteiger partial charge in [-0.3, -0.25) is 4.79 Å². The molecule has 2 aromatic heterocycles. The Labute approximate surface area is 146 Å². The highest BCUT2D eigenvalue weighted by Gasteiger charge is 2.29. The van der Waals surface area contributed by atoms with Gasteiger partial charge in [0, 0.05) is 13.0 Å². The van der Waals surface area contributed by atoms with Gasteiger partial charge in [-0.05, 0) is 50.1 Å². The lowest BCUT2D eigenvalue weighted by atomic mass is 10.2. The first-order valence-corrected chi connectivity index (χ1v) is 8.58. The molecule has 1 aliphatic rings. The Balaban J connectivity index is 1.64. The van der Waals surface area contributed by atoms with Crippen LogP contribution in [-0.4, -0.2) is 27.6 Å². The quantitative estimate of drug-likeness (QED) is 0.710. The van der Waals surface area contributed by atoms with Gasteiger partial charge >= 0.3 is 0 Å². The summed E-state index contributed by atoms with van der Waals surface area (Å²) < 4.78 is 7.36. The van der Waals surface area contributed by atoms with E-state index in [1.165, 1.54) is 0 Å². The van der Waals surface area contributed by atoms with Crippen molar-refractivity contribution in [1.82, 2.24) is 14.7 Å². The number of nitrogens with zero attached hydrogens (tertiary/aromatic N) is 3. The minimum absolute atomic E-state index is 0.0580. The molecule has 1 amide bonds. The van der Waals surface area contributed by atoms with E-state index < -0.39 is 0 Å². The highest BCUT2D eigenvalue weighted by Crippen LogP contribution is 2.39. The van der Waals surface area contributed by atoms with E-state index in [1.54, 1.807) is 16.6 Å². The van der Waals surface area contributed by atoms with Gasteiger partial charge in [0.05, 0.1) is 17.9 Å². The molecule has 5 heteroatoms. The van der Waals surface area contributed by atoms with Crippen LogP contribution in [-0.2, 0) is 6.54 Å². The van der Waals surface area contributed by atoms with E-state index in [-0.39, 0.29) is 5.91 Å². The summed E-state index contributed by atoms with van der Waals surface area (Å²) in [5.74, 6) is 2.06. The standard InChI is InChI=1S/C20H21N3O2/c1-14-8-11-17(25-14)13-22(2)20(24)19-12-18(15-9-10-15)21-23(19)16-6-4-3-5-7-16/h3-8,11-12,15H,9-10,13H2,1-2H3. The van der Waals surface area contributed by atoms with Crippen LogP contribution < -0.4 is 0 Å². The number of rotatable bonds is 5. The van der Waals surface area contributed by atoms with Crippen molar-refractivity contribution in [1.29, 1.82) is 0 Å². The number of carbonyl (C=O) groups is 1. The zero-order chi connectivity index (χ0) is 17.4. The fraction of sp³-hybridized carbons (Fsp3) is 0.300. The molecule has 25 heavy (non-hydrogen) atoms. The van der Waals surface area contributed by atoms with Crippen LogP contribution in [0.5, 0.6) is 0 Å². The summed E-state index contributed by atoms with van der Waals surface area (Å²) in [6.07, 6.45) is 2.31. The maximum Gasteiger partial charge on any atom is 0.272 e. The molecule has 0 spiro atoms. The lowest BCUT2D eigenvalue weighted by Gasteiger charge is -2.16. The summed E-state index contributed by atoms with van der Waals surface area (Å²) >= 11 is 0. The SMILES string of the molecule is Cc1ccc(CN(C)C(=O)c2cc(C3CC3)nn2-c2ccccc2)o1. The van der Waals surface area contributed by atoms with Crippen molar-refractivity contribution in [3.8, 4) is 5.69 Å². The van der Waals surface area contributed by atoms with Crippen molar-refractivity contribution in [3.63, 3.8) is 0 Å². The van der Waals surface area contributed by atoms with E-state index >= 15 is 0 Å². The maximum absolute atomic E-state index is 13.0. The summed E-state index contributed by atoms with van der Waals surface area (Å²) in [7, 11) is 1.79. The second-order valence-electron chi connectivity index (χ2n) is 6.65. The van der Waals surface area contributed by atoms with Crippen molar-refractivity contribution in [2.24, 2.45) is 0 Å². The topological polar surface area (TPSA) is 51.3 Å². The van der Waals surface area contributed by atoms with Gasteiger partial charge in [0.2, 0.25) is 0 Å². The van der Waals surface area contributed by atoms with Gasteiger partial charge in [-0.25, -0.2) is 4.68 Å². The average molecular weight is 335 g/mol. The zero-order valence-electron chi connectivity index (χ0n) is 14.5. The Hall–Kier alpha value is -2.82. The Kier molecular flexibility index (Phi) is 3.92. The smallest absolute Gasteiger partial charge is 0.272 e. The molecule has 0 aliphatic heterocycles. The van der Waals surface area contributed by atoms with Crippen molar-refractivity contribution in [3.05, 3.63) is 71.4 Å². The predicted octanol–water partition coefficient (Wildman–Crippen LogP) is 3.92. The van der Waals surface area contributed by atoms with Crippen LogP contribution >= 0.6 is 0 Å². The zero-order valence-corrected chi connectivity index (χ0v) is 14.5. The number of benzene rings is 1. The Morgan fingerprint density at radius 3 is 2.64 bits per heavy atom. The number of hydrogen-bond acceptors (Lipinski definition) is 3. The molecule has 0 bridgehead atoms. The Morgan fingerprint density at radius 2 is 2.00 bits per heavy atom. The third kappa shape index (κ3) is 3.22. The van der Waals surface area contributed by atoms with Gasteiger partial charge in [0.15, 0.2) is 0 Å². The number of carbonyl (C=O) groups excluding carboxylic acids is 1. The van der Waals surface area contributed by atoms with Crippen LogP contribution in [0.3, 0.4) is 0 Å². The van der Waals surface area contributed by atoms with E-state index in [1.807, 2.05) is 55.5 Å². The first-order valence-electron chi connectivity index (χ1n) is 8.58. The maximum atomic E-state index is 13.0. The molecule has 0 saturated heterocycles. The molecule has 2 heterocycles. The van der Waals surface area contributed by atoms with Gasteiger partial charge in [-0.1, -0.05) is 18.2 Å². The number of aromatic nitrogens is 2. The number of para-hydroxylation sites is 1. The van der Waals surface area contributed by atoms with Crippen LogP contribution in [0.15, 0.2) is 52.9 Å². The summed E-state index contributed by atoms with van der Waals surface area (Å²) in [5.41, 5.74) is 2.51. The number of amides is 1. The second-order valence-corrected chi connectivity index (χ2v) is 6.65.